The Morgan fingerprint density at radius 3 is 2.35 bits per heavy atom. The predicted molar refractivity (Wildman–Crippen MR) is 152 cm³/mol. The SMILES string of the molecule is CCCCOc1ccc(C(=O)N(CC(=O)N2c3ccccc3-n3cccc3C2c2ccc(F)cc2)C2CC2)cc1. The van der Waals surface area contributed by atoms with E-state index in [1.165, 1.54) is 12.1 Å². The number of hydrogen-bond donors (Lipinski definition) is 0. The maximum absolute atomic E-state index is 14.3. The van der Waals surface area contributed by atoms with Crippen LogP contribution in [0.15, 0.2) is 91.1 Å². The van der Waals surface area contributed by atoms with E-state index >= 15 is 0 Å². The second kappa shape index (κ2) is 11.0. The van der Waals surface area contributed by atoms with Crippen molar-refractivity contribution >= 4 is 17.5 Å². The minimum Gasteiger partial charge on any atom is -0.494 e. The van der Waals surface area contributed by atoms with Gasteiger partial charge >= 0.3 is 0 Å². The first kappa shape index (κ1) is 25.9. The highest BCUT2D eigenvalue weighted by Gasteiger charge is 2.40. The van der Waals surface area contributed by atoms with E-state index in [1.807, 2.05) is 54.7 Å². The second-order valence-electron chi connectivity index (χ2n) is 10.4. The van der Waals surface area contributed by atoms with Crippen molar-refractivity contribution in [2.75, 3.05) is 18.1 Å². The van der Waals surface area contributed by atoms with Crippen LogP contribution in [0.1, 0.15) is 60.3 Å². The van der Waals surface area contributed by atoms with Crippen LogP contribution >= 0.6 is 0 Å². The number of unbranched alkanes of at least 4 members (excludes halogenated alkanes) is 1. The highest BCUT2D eigenvalue weighted by Crippen LogP contribution is 2.42. The Morgan fingerprint density at radius 2 is 1.65 bits per heavy atom. The van der Waals surface area contributed by atoms with Crippen molar-refractivity contribution in [1.82, 2.24) is 9.47 Å². The van der Waals surface area contributed by atoms with Gasteiger partial charge in [-0.2, -0.15) is 0 Å². The van der Waals surface area contributed by atoms with Gasteiger partial charge in [-0.25, -0.2) is 4.39 Å². The van der Waals surface area contributed by atoms with Gasteiger partial charge in [0.05, 0.1) is 23.7 Å². The van der Waals surface area contributed by atoms with Crippen LogP contribution in [-0.2, 0) is 4.79 Å². The molecule has 2 amide bonds. The quantitative estimate of drug-likeness (QED) is 0.228. The molecule has 6 rings (SSSR count). The van der Waals surface area contributed by atoms with Crippen molar-refractivity contribution in [3.63, 3.8) is 0 Å². The van der Waals surface area contributed by atoms with E-state index < -0.39 is 6.04 Å². The first-order valence-electron chi connectivity index (χ1n) is 13.9. The number of carbonyl (C=O) groups excluding carboxylic acids is 2. The molecule has 1 aliphatic heterocycles. The first-order chi connectivity index (χ1) is 19.5. The molecule has 1 atom stereocenters. The smallest absolute Gasteiger partial charge is 0.254 e. The maximum Gasteiger partial charge on any atom is 0.254 e. The lowest BCUT2D eigenvalue weighted by atomic mass is 9.97. The number of nitrogens with zero attached hydrogens (tertiary/aromatic N) is 3. The Hall–Kier alpha value is -4.39. The van der Waals surface area contributed by atoms with Gasteiger partial charge in [0.1, 0.15) is 24.2 Å². The Morgan fingerprint density at radius 1 is 0.925 bits per heavy atom. The van der Waals surface area contributed by atoms with Gasteiger partial charge in [-0.05, 0) is 85.5 Å². The summed E-state index contributed by atoms with van der Waals surface area (Å²) in [5.41, 5.74) is 3.87. The van der Waals surface area contributed by atoms with Crippen molar-refractivity contribution in [2.45, 2.75) is 44.7 Å². The van der Waals surface area contributed by atoms with Crippen LogP contribution in [0, 0.1) is 5.82 Å². The van der Waals surface area contributed by atoms with E-state index in [4.69, 9.17) is 4.74 Å². The summed E-state index contributed by atoms with van der Waals surface area (Å²) in [5, 5.41) is 0. The van der Waals surface area contributed by atoms with Gasteiger partial charge in [0.15, 0.2) is 0 Å². The van der Waals surface area contributed by atoms with Crippen LogP contribution in [0.5, 0.6) is 5.75 Å². The third kappa shape index (κ3) is 4.99. The number of benzene rings is 3. The van der Waals surface area contributed by atoms with Crippen molar-refractivity contribution in [3.8, 4) is 11.4 Å². The van der Waals surface area contributed by atoms with E-state index in [1.54, 1.807) is 34.1 Å². The molecule has 40 heavy (non-hydrogen) atoms. The minimum absolute atomic E-state index is 0.0325. The number of anilines is 1. The number of carbonyl (C=O) groups is 2. The van der Waals surface area contributed by atoms with Crippen molar-refractivity contribution in [2.24, 2.45) is 0 Å². The third-order valence-electron chi connectivity index (χ3n) is 7.60. The molecular weight excluding hydrogens is 505 g/mol. The molecule has 1 unspecified atom stereocenters. The molecule has 1 aliphatic carbocycles. The average Bonchev–Trinajstić information content (AvgIpc) is 3.71. The van der Waals surface area contributed by atoms with Crippen LogP contribution in [-0.4, -0.2) is 40.5 Å². The molecule has 3 aromatic carbocycles. The third-order valence-corrected chi connectivity index (χ3v) is 7.60. The van der Waals surface area contributed by atoms with Crippen LogP contribution in [0.3, 0.4) is 0 Å². The van der Waals surface area contributed by atoms with Crippen molar-refractivity contribution in [3.05, 3.63) is 114 Å². The number of rotatable bonds is 9. The van der Waals surface area contributed by atoms with Gasteiger partial charge in [0, 0.05) is 17.8 Å². The van der Waals surface area contributed by atoms with Crippen LogP contribution < -0.4 is 9.64 Å². The Bertz CT molecular complexity index is 1510. The lowest BCUT2D eigenvalue weighted by Crippen LogP contribution is -2.47. The summed E-state index contributed by atoms with van der Waals surface area (Å²) in [6.07, 6.45) is 5.75. The highest BCUT2D eigenvalue weighted by molar-refractivity contribution is 6.03. The molecule has 2 heterocycles. The van der Waals surface area contributed by atoms with Crippen LogP contribution in [0.2, 0.25) is 0 Å². The van der Waals surface area contributed by atoms with Gasteiger partial charge < -0.3 is 14.2 Å². The molecule has 0 N–H and O–H groups in total. The maximum atomic E-state index is 14.3. The molecule has 0 bridgehead atoms. The summed E-state index contributed by atoms with van der Waals surface area (Å²) in [6, 6.07) is 24.7. The number of hydrogen-bond acceptors (Lipinski definition) is 3. The normalized spacial score (nSPS) is 15.8. The Kier molecular flexibility index (Phi) is 7.11. The van der Waals surface area contributed by atoms with Crippen molar-refractivity contribution < 1.29 is 18.7 Å². The number of amides is 2. The fraction of sp³-hybridized carbons (Fsp3) is 0.273. The number of fused-ring (bicyclic) bond motifs is 3. The number of halogens is 1. The molecule has 4 aromatic rings. The van der Waals surface area contributed by atoms with Crippen LogP contribution in [0.4, 0.5) is 10.1 Å². The monoisotopic (exact) mass is 537 g/mol. The average molecular weight is 538 g/mol. The number of ether oxygens (including phenoxy) is 1. The zero-order chi connectivity index (χ0) is 27.6. The van der Waals surface area contributed by atoms with Gasteiger partial charge in [-0.3, -0.25) is 14.5 Å². The van der Waals surface area contributed by atoms with Crippen LogP contribution in [0.25, 0.3) is 5.69 Å². The van der Waals surface area contributed by atoms with Crippen molar-refractivity contribution in [1.29, 1.82) is 0 Å². The Balaban J connectivity index is 1.31. The molecule has 1 aromatic heterocycles. The van der Waals surface area contributed by atoms with Gasteiger partial charge in [0.25, 0.3) is 5.91 Å². The zero-order valence-corrected chi connectivity index (χ0v) is 22.5. The molecule has 1 fully saturated rings. The molecule has 0 saturated heterocycles. The summed E-state index contributed by atoms with van der Waals surface area (Å²) in [7, 11) is 0. The fourth-order valence-corrected chi connectivity index (χ4v) is 5.39. The lowest BCUT2D eigenvalue weighted by Gasteiger charge is -2.39. The summed E-state index contributed by atoms with van der Waals surface area (Å²) in [4.78, 5) is 31.4. The second-order valence-corrected chi connectivity index (χ2v) is 10.4. The summed E-state index contributed by atoms with van der Waals surface area (Å²) in [6.45, 7) is 2.70. The molecule has 2 aliphatic rings. The lowest BCUT2D eigenvalue weighted by molar-refractivity contribution is -0.119. The zero-order valence-electron chi connectivity index (χ0n) is 22.5. The standard InChI is InChI=1S/C33H32FN3O3/c1-2-3-21-40-27-18-12-24(13-19-27)33(39)36(26-16-17-26)22-31(38)37-29-8-5-4-7-28(29)35-20-6-9-30(35)32(37)23-10-14-25(34)15-11-23/h4-15,18-20,26,32H,2-3,16-17,21-22H2,1H3. The molecule has 7 heteroatoms. The predicted octanol–water partition coefficient (Wildman–Crippen LogP) is 6.54. The van der Waals surface area contributed by atoms with Gasteiger partial charge in [-0.1, -0.05) is 37.6 Å². The topological polar surface area (TPSA) is 54.8 Å². The van der Waals surface area contributed by atoms with E-state index in [0.717, 1.165) is 54.1 Å². The fourth-order valence-electron chi connectivity index (χ4n) is 5.39. The highest BCUT2D eigenvalue weighted by atomic mass is 19.1. The Labute approximate surface area is 233 Å². The molecular formula is C33H32FN3O3. The molecule has 0 radical (unpaired) electrons. The summed E-state index contributed by atoms with van der Waals surface area (Å²) < 4.78 is 21.7. The van der Waals surface area contributed by atoms with E-state index in [-0.39, 0.29) is 30.2 Å². The van der Waals surface area contributed by atoms with E-state index in [2.05, 4.69) is 11.5 Å². The van der Waals surface area contributed by atoms with E-state index in [9.17, 15) is 14.0 Å². The van der Waals surface area contributed by atoms with E-state index in [0.29, 0.717) is 12.2 Å². The van der Waals surface area contributed by atoms with Gasteiger partial charge in [0.2, 0.25) is 5.91 Å². The number of aromatic nitrogens is 1. The summed E-state index contributed by atoms with van der Waals surface area (Å²) >= 11 is 0. The molecule has 0 spiro atoms. The number of para-hydroxylation sites is 2. The summed E-state index contributed by atoms with van der Waals surface area (Å²) in [5.74, 6) is 0.0478. The first-order valence-corrected chi connectivity index (χ1v) is 13.9. The largest absolute Gasteiger partial charge is 0.494 e. The minimum atomic E-state index is -0.464. The molecule has 1 saturated carbocycles. The van der Waals surface area contributed by atoms with Gasteiger partial charge in [-0.15, -0.1) is 0 Å². The molecule has 6 nitrogen and oxygen atoms in total. The molecule has 204 valence electrons.